The molecular formula is C20H25NO4S. The molecule has 0 aliphatic rings. The second kappa shape index (κ2) is 9.97. The largest absolute Gasteiger partial charge is 0.490 e. The van der Waals surface area contributed by atoms with Crippen molar-refractivity contribution >= 4 is 23.0 Å². The molecule has 26 heavy (non-hydrogen) atoms. The highest BCUT2D eigenvalue weighted by Crippen LogP contribution is 2.30. The van der Waals surface area contributed by atoms with Crippen LogP contribution in [0.15, 0.2) is 35.7 Å². The van der Waals surface area contributed by atoms with Gasteiger partial charge in [0.2, 0.25) is 5.91 Å². The summed E-state index contributed by atoms with van der Waals surface area (Å²) in [6.45, 7) is 6.84. The summed E-state index contributed by atoms with van der Waals surface area (Å²) in [5.74, 6) is 1.22. The lowest BCUT2D eigenvalue weighted by Crippen LogP contribution is -2.27. The van der Waals surface area contributed by atoms with Crippen LogP contribution in [0, 0.1) is 0 Å². The fourth-order valence-corrected chi connectivity index (χ4v) is 3.22. The molecule has 2 rings (SSSR count). The van der Waals surface area contributed by atoms with E-state index in [2.05, 4.69) is 5.32 Å². The van der Waals surface area contributed by atoms with Crippen LogP contribution in [0.3, 0.4) is 0 Å². The van der Waals surface area contributed by atoms with E-state index in [1.165, 1.54) is 11.3 Å². The number of ether oxygens (including phenoxy) is 2. The average Bonchev–Trinajstić information content (AvgIpc) is 3.16. The highest BCUT2D eigenvalue weighted by molar-refractivity contribution is 7.12. The van der Waals surface area contributed by atoms with Crippen LogP contribution in [0.1, 0.15) is 54.9 Å². The molecule has 1 N–H and O–H groups in total. The van der Waals surface area contributed by atoms with Gasteiger partial charge in [-0.2, -0.15) is 0 Å². The maximum atomic E-state index is 12.2. The molecule has 0 radical (unpaired) electrons. The molecule has 0 aliphatic carbocycles. The molecule has 1 amide bonds. The molecule has 0 aliphatic heterocycles. The second-order valence-corrected chi connectivity index (χ2v) is 6.71. The van der Waals surface area contributed by atoms with Gasteiger partial charge in [-0.25, -0.2) is 0 Å². The lowest BCUT2D eigenvalue weighted by molar-refractivity contribution is -0.121. The summed E-state index contributed by atoms with van der Waals surface area (Å²) in [6.07, 6.45) is 0.392. The first-order valence-corrected chi connectivity index (χ1v) is 9.68. The number of carbonyl (C=O) groups excluding carboxylic acids is 2. The Kier molecular flexibility index (Phi) is 7.66. The van der Waals surface area contributed by atoms with Gasteiger partial charge < -0.3 is 14.8 Å². The number of amides is 1. The first kappa shape index (κ1) is 20.0. The number of rotatable bonds is 10. The highest BCUT2D eigenvalue weighted by Gasteiger charge is 2.15. The standard InChI is InChI=1S/C20H25NO4S/c1-4-24-17-10-8-15(13-18(17)25-5-2)14(3)21-20(23)11-9-16(22)19-7-6-12-26-19/h6-8,10,12-14H,4-5,9,11H2,1-3H3,(H,21,23)/t14-/m0/s1. The zero-order valence-electron chi connectivity index (χ0n) is 15.4. The van der Waals surface area contributed by atoms with Crippen LogP contribution in [0.5, 0.6) is 11.5 Å². The van der Waals surface area contributed by atoms with Gasteiger partial charge in [-0.15, -0.1) is 11.3 Å². The maximum absolute atomic E-state index is 12.2. The Labute approximate surface area is 158 Å². The van der Waals surface area contributed by atoms with Crippen molar-refractivity contribution in [1.82, 2.24) is 5.32 Å². The molecule has 0 fully saturated rings. The predicted molar refractivity (Wildman–Crippen MR) is 103 cm³/mol. The Bertz CT molecular complexity index is 727. The molecule has 1 aromatic carbocycles. The van der Waals surface area contributed by atoms with E-state index in [0.29, 0.717) is 29.6 Å². The molecule has 6 heteroatoms. The molecule has 5 nitrogen and oxygen atoms in total. The van der Waals surface area contributed by atoms with E-state index >= 15 is 0 Å². The van der Waals surface area contributed by atoms with Crippen LogP contribution in [-0.2, 0) is 4.79 Å². The van der Waals surface area contributed by atoms with Crippen molar-refractivity contribution in [2.45, 2.75) is 39.7 Å². The Morgan fingerprint density at radius 3 is 2.46 bits per heavy atom. The molecule has 0 spiro atoms. The average molecular weight is 375 g/mol. The third-order valence-electron chi connectivity index (χ3n) is 3.82. The van der Waals surface area contributed by atoms with Crippen LogP contribution >= 0.6 is 11.3 Å². The maximum Gasteiger partial charge on any atom is 0.220 e. The Morgan fingerprint density at radius 2 is 1.81 bits per heavy atom. The Hall–Kier alpha value is -2.34. The Morgan fingerprint density at radius 1 is 1.08 bits per heavy atom. The van der Waals surface area contributed by atoms with Gasteiger partial charge >= 0.3 is 0 Å². The van der Waals surface area contributed by atoms with E-state index in [0.717, 1.165) is 5.56 Å². The van der Waals surface area contributed by atoms with E-state index in [9.17, 15) is 9.59 Å². The number of thiophene rings is 1. The van der Waals surface area contributed by atoms with Crippen LogP contribution in [-0.4, -0.2) is 24.9 Å². The van der Waals surface area contributed by atoms with Gasteiger partial charge in [0.05, 0.1) is 24.1 Å². The zero-order chi connectivity index (χ0) is 18.9. The quantitative estimate of drug-likeness (QED) is 0.626. The minimum absolute atomic E-state index is 0.00232. The van der Waals surface area contributed by atoms with Gasteiger partial charge in [0.1, 0.15) is 0 Å². The summed E-state index contributed by atoms with van der Waals surface area (Å²) in [5.41, 5.74) is 0.926. The smallest absolute Gasteiger partial charge is 0.220 e. The third-order valence-corrected chi connectivity index (χ3v) is 4.73. The minimum atomic E-state index is -0.186. The van der Waals surface area contributed by atoms with Gasteiger partial charge in [0, 0.05) is 12.8 Å². The second-order valence-electron chi connectivity index (χ2n) is 5.76. The van der Waals surface area contributed by atoms with Gasteiger partial charge in [-0.05, 0) is 49.9 Å². The number of nitrogens with one attached hydrogen (secondary N) is 1. The molecule has 1 aromatic heterocycles. The number of Topliss-reactive ketones (excluding diaryl/α,β-unsaturated/α-hetero) is 1. The summed E-state index contributed by atoms with van der Waals surface area (Å²) in [4.78, 5) is 24.8. The van der Waals surface area contributed by atoms with Crippen molar-refractivity contribution < 1.29 is 19.1 Å². The number of benzene rings is 1. The molecule has 1 heterocycles. The van der Waals surface area contributed by atoms with Crippen molar-refractivity contribution in [3.63, 3.8) is 0 Å². The first-order valence-electron chi connectivity index (χ1n) is 8.80. The Balaban J connectivity index is 1.93. The van der Waals surface area contributed by atoms with Crippen molar-refractivity contribution in [3.8, 4) is 11.5 Å². The van der Waals surface area contributed by atoms with Crippen LogP contribution in [0.2, 0.25) is 0 Å². The minimum Gasteiger partial charge on any atom is -0.490 e. The highest BCUT2D eigenvalue weighted by atomic mass is 32.1. The summed E-state index contributed by atoms with van der Waals surface area (Å²) in [7, 11) is 0. The molecule has 1 atom stereocenters. The summed E-state index contributed by atoms with van der Waals surface area (Å²) in [5, 5.41) is 4.79. The molecule has 0 saturated heterocycles. The fraction of sp³-hybridized carbons (Fsp3) is 0.400. The van der Waals surface area contributed by atoms with Crippen molar-refractivity contribution in [1.29, 1.82) is 0 Å². The monoisotopic (exact) mass is 375 g/mol. The van der Waals surface area contributed by atoms with Crippen LogP contribution < -0.4 is 14.8 Å². The fourth-order valence-electron chi connectivity index (χ4n) is 2.52. The SMILES string of the molecule is CCOc1ccc([C@H](C)NC(=O)CCC(=O)c2cccs2)cc1OCC. The van der Waals surface area contributed by atoms with Crippen LogP contribution in [0.4, 0.5) is 0 Å². The van der Waals surface area contributed by atoms with Gasteiger partial charge in [-0.1, -0.05) is 12.1 Å². The molecular weight excluding hydrogens is 350 g/mol. The molecule has 0 saturated carbocycles. The number of hydrogen-bond acceptors (Lipinski definition) is 5. The van der Waals surface area contributed by atoms with Gasteiger partial charge in [0.25, 0.3) is 0 Å². The summed E-state index contributed by atoms with van der Waals surface area (Å²) >= 11 is 1.40. The van der Waals surface area contributed by atoms with Crippen molar-refractivity contribution in [2.24, 2.45) is 0 Å². The molecule has 0 unspecified atom stereocenters. The van der Waals surface area contributed by atoms with E-state index in [1.54, 1.807) is 6.07 Å². The van der Waals surface area contributed by atoms with Crippen molar-refractivity contribution in [2.75, 3.05) is 13.2 Å². The molecule has 140 valence electrons. The zero-order valence-corrected chi connectivity index (χ0v) is 16.2. The van der Waals surface area contributed by atoms with Gasteiger partial charge in [-0.3, -0.25) is 9.59 Å². The van der Waals surface area contributed by atoms with E-state index in [-0.39, 0.29) is 30.6 Å². The van der Waals surface area contributed by atoms with E-state index < -0.39 is 0 Å². The summed E-state index contributed by atoms with van der Waals surface area (Å²) < 4.78 is 11.2. The number of carbonyl (C=O) groups is 2. The topological polar surface area (TPSA) is 64.6 Å². The van der Waals surface area contributed by atoms with Gasteiger partial charge in [0.15, 0.2) is 17.3 Å². The van der Waals surface area contributed by atoms with Crippen LogP contribution in [0.25, 0.3) is 0 Å². The first-order chi connectivity index (χ1) is 12.5. The lowest BCUT2D eigenvalue weighted by atomic mass is 10.1. The third kappa shape index (κ3) is 5.59. The lowest BCUT2D eigenvalue weighted by Gasteiger charge is -2.17. The normalized spacial score (nSPS) is 11.7. The summed E-state index contributed by atoms with van der Waals surface area (Å²) in [6, 6.07) is 9.08. The van der Waals surface area contributed by atoms with E-state index in [1.807, 2.05) is 50.4 Å². The number of ketones is 1. The number of hydrogen-bond donors (Lipinski definition) is 1. The van der Waals surface area contributed by atoms with E-state index in [4.69, 9.17) is 9.47 Å². The molecule has 0 bridgehead atoms. The molecule has 2 aromatic rings. The predicted octanol–water partition coefficient (Wildman–Crippen LogP) is 4.39. The van der Waals surface area contributed by atoms with Crippen molar-refractivity contribution in [3.05, 3.63) is 46.2 Å².